The summed E-state index contributed by atoms with van der Waals surface area (Å²) in [5.41, 5.74) is 0. The van der Waals surface area contributed by atoms with E-state index in [-0.39, 0.29) is 19.3 Å². The number of unbranched alkanes of at least 4 members (excludes halogenated alkanes) is 33. The Bertz CT molecular complexity index is 2040. The Kier molecular flexibility index (Phi) is 66.2. The molecule has 0 aliphatic rings. The van der Waals surface area contributed by atoms with Crippen molar-refractivity contribution in [3.63, 3.8) is 0 Å². The molecule has 16 nitrogen and oxygen atoms in total. The molecule has 0 amide bonds. The summed E-state index contributed by atoms with van der Waals surface area (Å²) in [5.74, 6) is -1.58. The van der Waals surface area contributed by atoms with Crippen LogP contribution in [0.15, 0.2) is 85.1 Å². The highest BCUT2D eigenvalue weighted by atomic mass is 31.2. The van der Waals surface area contributed by atoms with Crippen molar-refractivity contribution in [3.8, 4) is 0 Å². The Hall–Kier alpha value is -3.27. The molecule has 0 aromatic heterocycles. The van der Waals surface area contributed by atoms with Crippen LogP contribution in [0, 0.1) is 0 Å². The molecule has 0 aromatic carbocycles. The van der Waals surface area contributed by atoms with E-state index in [1.165, 1.54) is 128 Å². The third kappa shape index (κ3) is 69.9. The molecule has 0 aromatic rings. The van der Waals surface area contributed by atoms with E-state index < -0.39 is 91.5 Å². The monoisotopic (exact) mass is 1350 g/mol. The normalized spacial score (nSPS) is 14.6. The number of phosphoric acid groups is 2. The van der Waals surface area contributed by atoms with Gasteiger partial charge in [0, 0.05) is 19.3 Å². The number of carbonyl (C=O) groups is 3. The van der Waals surface area contributed by atoms with Crippen molar-refractivity contribution in [1.82, 2.24) is 0 Å². The summed E-state index contributed by atoms with van der Waals surface area (Å²) in [6, 6.07) is 0. The Morgan fingerprint density at radius 2 is 0.591 bits per heavy atom. The third-order valence-corrected chi connectivity index (χ3v) is 17.5. The first kappa shape index (κ1) is 89.7. The molecule has 0 heterocycles. The molecule has 0 spiro atoms. The topological polar surface area (TPSA) is 231 Å². The van der Waals surface area contributed by atoms with Gasteiger partial charge in [0.15, 0.2) is 6.10 Å². The van der Waals surface area contributed by atoms with E-state index in [9.17, 15) is 43.5 Å². The van der Waals surface area contributed by atoms with Gasteiger partial charge in [0.2, 0.25) is 0 Å². The summed E-state index contributed by atoms with van der Waals surface area (Å²) in [4.78, 5) is 58.3. The van der Waals surface area contributed by atoms with Crippen molar-refractivity contribution in [1.29, 1.82) is 0 Å². The quantitative estimate of drug-likeness (QED) is 0.0146. The van der Waals surface area contributed by atoms with Gasteiger partial charge in [-0.05, 0) is 89.9 Å². The molecule has 5 unspecified atom stereocenters. The third-order valence-electron chi connectivity index (χ3n) is 15.6. The molecular weight excluding hydrogens is 1220 g/mol. The number of aliphatic hydroxyl groups excluding tert-OH is 2. The molecule has 540 valence electrons. The summed E-state index contributed by atoms with van der Waals surface area (Å²) < 4.78 is 60.8. The minimum Gasteiger partial charge on any atom is -0.463 e. The standard InChI is InChI=1S/C75H134O16P2/c1-4-7-10-13-16-19-22-24-25-26-27-28-29-30-31-32-33-34-35-36-37-38-39-40-41-42-43-45-48-49-52-55-58-61-73(78)85-64-70(76)65-87-92(81,82)88-66-71(77)67-89-93(83,84)90-69-72(91-75(80)63-60-57-54-51-46-21-18-15-12-9-6-3)68-86-74(79)62-59-56-53-50-47-44-23-20-17-14-11-8-5-2/h7,10-11,14,16,19-20,23-25,27-28,30-31,70-72,76-77H,4-6,8-9,12-13,15,17-18,21-22,26,29,32-69H2,1-3H3,(H,81,82)(H,83,84)/b10-7-,14-11-,19-16-,23-20-,25-24-,28-27-,31-30-. The minimum absolute atomic E-state index is 0.106. The lowest BCUT2D eigenvalue weighted by Gasteiger charge is -2.21. The molecule has 5 atom stereocenters. The van der Waals surface area contributed by atoms with E-state index in [4.69, 9.17) is 32.3 Å². The number of rotatable bonds is 70. The number of hydrogen-bond acceptors (Lipinski definition) is 14. The number of ether oxygens (including phenoxy) is 3. The van der Waals surface area contributed by atoms with Gasteiger partial charge in [-0.2, -0.15) is 0 Å². The van der Waals surface area contributed by atoms with Gasteiger partial charge in [-0.15, -0.1) is 0 Å². The number of carbonyl (C=O) groups excluding carboxylic acids is 3. The van der Waals surface area contributed by atoms with Crippen LogP contribution in [0.2, 0.25) is 0 Å². The Balaban J connectivity index is 4.28. The Morgan fingerprint density at radius 3 is 0.946 bits per heavy atom. The molecule has 0 saturated carbocycles. The van der Waals surface area contributed by atoms with E-state index in [0.29, 0.717) is 19.3 Å². The summed E-state index contributed by atoms with van der Waals surface area (Å²) in [7, 11) is -9.76. The lowest BCUT2D eigenvalue weighted by atomic mass is 10.0. The van der Waals surface area contributed by atoms with Gasteiger partial charge in [-0.25, -0.2) is 9.13 Å². The molecule has 0 saturated heterocycles. The number of aliphatic hydroxyl groups is 2. The Labute approximate surface area is 565 Å². The predicted octanol–water partition coefficient (Wildman–Crippen LogP) is 20.9. The molecule has 93 heavy (non-hydrogen) atoms. The van der Waals surface area contributed by atoms with Crippen molar-refractivity contribution in [2.24, 2.45) is 0 Å². The largest absolute Gasteiger partial charge is 0.472 e. The fourth-order valence-corrected chi connectivity index (χ4v) is 11.6. The second kappa shape index (κ2) is 68.7. The molecular formula is C75H134O16P2. The van der Waals surface area contributed by atoms with E-state index >= 15 is 0 Å². The molecule has 4 N–H and O–H groups in total. The highest BCUT2D eigenvalue weighted by molar-refractivity contribution is 7.47. The summed E-state index contributed by atoms with van der Waals surface area (Å²) >= 11 is 0. The van der Waals surface area contributed by atoms with E-state index in [0.717, 1.165) is 128 Å². The van der Waals surface area contributed by atoms with Gasteiger partial charge in [0.1, 0.15) is 25.4 Å². The van der Waals surface area contributed by atoms with Crippen molar-refractivity contribution < 1.29 is 75.8 Å². The van der Waals surface area contributed by atoms with Gasteiger partial charge in [-0.3, -0.25) is 32.5 Å². The van der Waals surface area contributed by atoms with Gasteiger partial charge >= 0.3 is 33.6 Å². The highest BCUT2D eigenvalue weighted by Crippen LogP contribution is 2.45. The molecule has 0 radical (unpaired) electrons. The van der Waals surface area contributed by atoms with Crippen molar-refractivity contribution >= 4 is 33.6 Å². The van der Waals surface area contributed by atoms with Gasteiger partial charge < -0.3 is 34.2 Å². The van der Waals surface area contributed by atoms with E-state index in [1.54, 1.807) is 0 Å². The summed E-state index contributed by atoms with van der Waals surface area (Å²) in [6.45, 7) is 2.49. The van der Waals surface area contributed by atoms with E-state index in [2.05, 4.69) is 106 Å². The Morgan fingerprint density at radius 1 is 0.312 bits per heavy atom. The number of hydrogen-bond donors (Lipinski definition) is 4. The number of esters is 3. The molecule has 0 bridgehead atoms. The van der Waals surface area contributed by atoms with Crippen LogP contribution in [-0.4, -0.2) is 95.9 Å². The zero-order valence-corrected chi connectivity index (χ0v) is 60.5. The van der Waals surface area contributed by atoms with Crippen LogP contribution in [0.3, 0.4) is 0 Å². The van der Waals surface area contributed by atoms with Gasteiger partial charge in [0.05, 0.1) is 26.4 Å². The summed E-state index contributed by atoms with van der Waals surface area (Å²) in [6.07, 6.45) is 75.3. The van der Waals surface area contributed by atoms with Crippen LogP contribution in [0.25, 0.3) is 0 Å². The van der Waals surface area contributed by atoms with Crippen LogP contribution in [0.4, 0.5) is 0 Å². The van der Waals surface area contributed by atoms with Gasteiger partial charge in [-0.1, -0.05) is 292 Å². The van der Waals surface area contributed by atoms with Crippen LogP contribution < -0.4 is 0 Å². The maximum absolute atomic E-state index is 12.8. The first-order valence-electron chi connectivity index (χ1n) is 36.9. The fourth-order valence-electron chi connectivity index (χ4n) is 9.99. The average Bonchev–Trinajstić information content (AvgIpc) is 3.07. The lowest BCUT2D eigenvalue weighted by molar-refractivity contribution is -0.161. The molecule has 0 aliphatic carbocycles. The molecule has 0 rings (SSSR count). The molecule has 0 fully saturated rings. The SMILES string of the molecule is CC/C=C\C/C=C\C/C=C\C/C=C\C/C=C\CCCCCCCCCCCCCCCCCCCC(=O)OCC(O)COP(=O)(O)OCC(O)COP(=O)(O)OCC(COC(=O)CCCCCCC/C=C\C/C=C\CCC)OC(=O)CCCCCCCCCCCCC. The van der Waals surface area contributed by atoms with E-state index in [1.807, 2.05) is 0 Å². The predicted molar refractivity (Wildman–Crippen MR) is 381 cm³/mol. The first-order chi connectivity index (χ1) is 45.2. The average molecular weight is 1350 g/mol. The maximum Gasteiger partial charge on any atom is 0.472 e. The second-order valence-corrected chi connectivity index (χ2v) is 27.6. The first-order valence-corrected chi connectivity index (χ1v) is 39.9. The van der Waals surface area contributed by atoms with Crippen LogP contribution in [0.5, 0.6) is 0 Å². The highest BCUT2D eigenvalue weighted by Gasteiger charge is 2.29. The zero-order chi connectivity index (χ0) is 68.1. The number of phosphoric ester groups is 2. The minimum atomic E-state index is -4.92. The maximum atomic E-state index is 12.8. The molecule has 0 aliphatic heterocycles. The van der Waals surface area contributed by atoms with Crippen LogP contribution in [-0.2, 0) is 55.8 Å². The van der Waals surface area contributed by atoms with Crippen molar-refractivity contribution in [3.05, 3.63) is 85.1 Å². The number of allylic oxidation sites excluding steroid dienone is 14. The van der Waals surface area contributed by atoms with Crippen LogP contribution >= 0.6 is 15.6 Å². The molecule has 18 heteroatoms. The summed E-state index contributed by atoms with van der Waals surface area (Å²) in [5, 5.41) is 20.6. The zero-order valence-electron chi connectivity index (χ0n) is 58.7. The second-order valence-electron chi connectivity index (χ2n) is 24.7. The van der Waals surface area contributed by atoms with Crippen molar-refractivity contribution in [2.75, 3.05) is 39.6 Å². The fraction of sp³-hybridized carbons (Fsp3) is 0.773. The van der Waals surface area contributed by atoms with Gasteiger partial charge in [0.25, 0.3) is 0 Å². The lowest BCUT2D eigenvalue weighted by Crippen LogP contribution is -2.30. The van der Waals surface area contributed by atoms with Crippen molar-refractivity contribution in [2.45, 2.75) is 334 Å². The smallest absolute Gasteiger partial charge is 0.463 e. The van der Waals surface area contributed by atoms with Crippen LogP contribution in [0.1, 0.15) is 316 Å².